The Morgan fingerprint density at radius 3 is 1.96 bits per heavy atom. The lowest BCUT2D eigenvalue weighted by Crippen LogP contribution is -2.17. The van der Waals surface area contributed by atoms with Gasteiger partial charge in [0.05, 0.1) is 16.8 Å². The van der Waals surface area contributed by atoms with Gasteiger partial charge in [-0.15, -0.1) is 0 Å². The first kappa shape index (κ1) is 30.9. The van der Waals surface area contributed by atoms with Crippen molar-refractivity contribution in [2.24, 2.45) is 0 Å². The van der Waals surface area contributed by atoms with E-state index in [-0.39, 0.29) is 10.8 Å². The predicted molar refractivity (Wildman–Crippen MR) is 218 cm³/mol. The van der Waals surface area contributed by atoms with Gasteiger partial charge in [-0.2, -0.15) is 0 Å². The van der Waals surface area contributed by atoms with Crippen LogP contribution in [0.5, 0.6) is 0 Å². The molecule has 0 bridgehead atoms. The van der Waals surface area contributed by atoms with Gasteiger partial charge in [0.15, 0.2) is 0 Å². The van der Waals surface area contributed by atoms with Gasteiger partial charge in [0.1, 0.15) is 11.2 Å². The maximum Gasteiger partial charge on any atom is 0.137 e. The van der Waals surface area contributed by atoms with Crippen LogP contribution >= 0.6 is 0 Å². The van der Waals surface area contributed by atoms with Gasteiger partial charge in [-0.3, -0.25) is 0 Å². The highest BCUT2D eigenvalue weighted by Gasteiger charge is 2.40. The lowest BCUT2D eigenvalue weighted by molar-refractivity contribution is 0.655. The molecule has 0 radical (unpaired) electrons. The van der Waals surface area contributed by atoms with Gasteiger partial charge in [0.25, 0.3) is 0 Å². The molecule has 2 heteroatoms. The molecular formula is C50H41NO. The van der Waals surface area contributed by atoms with E-state index >= 15 is 0 Å². The van der Waals surface area contributed by atoms with E-state index in [1.165, 1.54) is 72.4 Å². The number of benzene rings is 7. The van der Waals surface area contributed by atoms with Crippen molar-refractivity contribution in [3.63, 3.8) is 0 Å². The molecule has 10 rings (SSSR count). The van der Waals surface area contributed by atoms with Crippen LogP contribution in [0.3, 0.4) is 0 Å². The summed E-state index contributed by atoms with van der Waals surface area (Å²) < 4.78 is 6.47. The predicted octanol–water partition coefficient (Wildman–Crippen LogP) is 14.0. The summed E-state index contributed by atoms with van der Waals surface area (Å²) in [6.45, 7) is 14.0. The second-order valence-corrected chi connectivity index (χ2v) is 15.9. The van der Waals surface area contributed by atoms with E-state index < -0.39 is 0 Å². The molecule has 0 unspecified atom stereocenters. The summed E-state index contributed by atoms with van der Waals surface area (Å²) in [4.78, 5) is 2.48. The first-order chi connectivity index (χ1) is 25.1. The molecule has 0 aliphatic heterocycles. The van der Waals surface area contributed by atoms with Gasteiger partial charge in [-0.1, -0.05) is 136 Å². The monoisotopic (exact) mass is 671 g/mol. The molecule has 1 heterocycles. The first-order valence-electron chi connectivity index (χ1n) is 18.4. The van der Waals surface area contributed by atoms with Crippen LogP contribution in [0.15, 0.2) is 144 Å². The molecule has 8 aromatic rings. The molecule has 52 heavy (non-hydrogen) atoms. The largest absolute Gasteiger partial charge is 0.456 e. The SMILES string of the molecule is Cc1cc(C)c2c(c1)-c1c(N(c3ccc(-c4cccc5c4-c4ccccc4C5(C)C)cc3)c3cccc4oc5ccccc5c34)cccc1C2(C)C. The van der Waals surface area contributed by atoms with E-state index in [1.54, 1.807) is 0 Å². The highest BCUT2D eigenvalue weighted by molar-refractivity contribution is 6.14. The third-order valence-electron chi connectivity index (χ3n) is 12.0. The highest BCUT2D eigenvalue weighted by atomic mass is 16.3. The van der Waals surface area contributed by atoms with E-state index in [0.717, 1.165) is 33.3 Å². The van der Waals surface area contributed by atoms with E-state index in [9.17, 15) is 0 Å². The summed E-state index contributed by atoms with van der Waals surface area (Å²) in [5.41, 5.74) is 21.1. The summed E-state index contributed by atoms with van der Waals surface area (Å²) in [5, 5.41) is 2.24. The number of fused-ring (bicyclic) bond motifs is 9. The molecule has 1 aromatic heterocycles. The van der Waals surface area contributed by atoms with Crippen molar-refractivity contribution in [3.05, 3.63) is 173 Å². The number of anilines is 3. The van der Waals surface area contributed by atoms with Crippen LogP contribution < -0.4 is 4.90 Å². The number of furan rings is 1. The smallest absolute Gasteiger partial charge is 0.137 e. The normalized spacial score (nSPS) is 14.7. The van der Waals surface area contributed by atoms with Crippen LogP contribution in [0.25, 0.3) is 55.3 Å². The maximum absolute atomic E-state index is 6.47. The molecule has 0 fully saturated rings. The molecule has 0 saturated heterocycles. The molecule has 2 aliphatic rings. The van der Waals surface area contributed by atoms with Crippen LogP contribution in [0, 0.1) is 13.8 Å². The van der Waals surface area contributed by atoms with Crippen molar-refractivity contribution in [1.29, 1.82) is 0 Å². The van der Waals surface area contributed by atoms with Crippen LogP contribution in [0.1, 0.15) is 61.1 Å². The van der Waals surface area contributed by atoms with Crippen molar-refractivity contribution >= 4 is 39.0 Å². The minimum absolute atomic E-state index is 0.0425. The number of hydrogen-bond donors (Lipinski definition) is 0. The molecule has 252 valence electrons. The van der Waals surface area contributed by atoms with Gasteiger partial charge in [-0.05, 0) is 106 Å². The molecule has 0 N–H and O–H groups in total. The zero-order valence-electron chi connectivity index (χ0n) is 30.6. The summed E-state index contributed by atoms with van der Waals surface area (Å²) in [6.07, 6.45) is 0. The Balaban J connectivity index is 1.22. The summed E-state index contributed by atoms with van der Waals surface area (Å²) in [5.74, 6) is 0. The molecule has 7 aromatic carbocycles. The first-order valence-corrected chi connectivity index (χ1v) is 18.4. The van der Waals surface area contributed by atoms with Crippen molar-refractivity contribution in [3.8, 4) is 33.4 Å². The topological polar surface area (TPSA) is 16.4 Å². The lowest BCUT2D eigenvalue weighted by atomic mass is 9.80. The zero-order chi connectivity index (χ0) is 35.5. The van der Waals surface area contributed by atoms with Crippen molar-refractivity contribution in [2.75, 3.05) is 4.90 Å². The maximum atomic E-state index is 6.47. The van der Waals surface area contributed by atoms with Crippen LogP contribution in [0.4, 0.5) is 17.1 Å². The zero-order valence-corrected chi connectivity index (χ0v) is 30.6. The molecule has 0 amide bonds. The van der Waals surface area contributed by atoms with E-state index in [0.29, 0.717) is 0 Å². The number of para-hydroxylation sites is 1. The van der Waals surface area contributed by atoms with E-state index in [2.05, 4.69) is 186 Å². The van der Waals surface area contributed by atoms with Gasteiger partial charge in [0, 0.05) is 27.5 Å². The van der Waals surface area contributed by atoms with Crippen LogP contribution in [-0.2, 0) is 10.8 Å². The fourth-order valence-electron chi connectivity index (χ4n) is 9.79. The summed E-state index contributed by atoms with van der Waals surface area (Å²) >= 11 is 0. The minimum atomic E-state index is -0.125. The summed E-state index contributed by atoms with van der Waals surface area (Å²) in [6, 6.07) is 51.5. The number of aryl methyl sites for hydroxylation is 2. The lowest BCUT2D eigenvalue weighted by Gasteiger charge is -2.29. The fourth-order valence-corrected chi connectivity index (χ4v) is 9.79. The van der Waals surface area contributed by atoms with Gasteiger partial charge in [-0.25, -0.2) is 0 Å². The standard InChI is InChI=1S/C50H41NO/c1-30-28-31(2)48-37(29-30)46-40(50(48,5)6)19-12-20-41(46)51(42-21-13-23-44-47(42)36-15-8-10-22-43(36)52-44)33-26-24-32(25-27-33)34-16-11-18-39-45(34)35-14-7-9-17-38(35)49(39,3)4/h7-29H,1-6H3. The second kappa shape index (κ2) is 10.8. The second-order valence-electron chi connectivity index (χ2n) is 15.9. The Morgan fingerprint density at radius 1 is 0.500 bits per heavy atom. The average Bonchev–Trinajstić information content (AvgIpc) is 3.72. The van der Waals surface area contributed by atoms with Crippen molar-refractivity contribution < 1.29 is 4.42 Å². The van der Waals surface area contributed by atoms with E-state index in [4.69, 9.17) is 4.42 Å². The Hall–Kier alpha value is -5.86. The molecule has 2 aliphatic carbocycles. The molecule has 0 spiro atoms. The van der Waals surface area contributed by atoms with E-state index in [1.807, 2.05) is 0 Å². The molecule has 0 atom stereocenters. The van der Waals surface area contributed by atoms with Gasteiger partial charge >= 0.3 is 0 Å². The third-order valence-corrected chi connectivity index (χ3v) is 12.0. The van der Waals surface area contributed by atoms with Gasteiger partial charge in [0.2, 0.25) is 0 Å². The van der Waals surface area contributed by atoms with Crippen LogP contribution in [0.2, 0.25) is 0 Å². The number of rotatable bonds is 4. The average molecular weight is 672 g/mol. The Morgan fingerprint density at radius 2 is 1.13 bits per heavy atom. The molecular weight excluding hydrogens is 631 g/mol. The fraction of sp³-hybridized carbons (Fsp3) is 0.160. The third kappa shape index (κ3) is 4.18. The molecule has 0 saturated carbocycles. The minimum Gasteiger partial charge on any atom is -0.456 e. The van der Waals surface area contributed by atoms with Crippen LogP contribution in [-0.4, -0.2) is 0 Å². The Kier molecular flexibility index (Phi) is 6.44. The van der Waals surface area contributed by atoms with Crippen molar-refractivity contribution in [2.45, 2.75) is 52.4 Å². The van der Waals surface area contributed by atoms with Crippen molar-refractivity contribution in [1.82, 2.24) is 0 Å². The number of hydrogen-bond acceptors (Lipinski definition) is 2. The Bertz CT molecular complexity index is 2760. The highest BCUT2D eigenvalue weighted by Crippen LogP contribution is 2.57. The Labute approximate surface area is 306 Å². The summed E-state index contributed by atoms with van der Waals surface area (Å²) in [7, 11) is 0. The quantitative estimate of drug-likeness (QED) is 0.185. The molecule has 2 nitrogen and oxygen atoms in total. The van der Waals surface area contributed by atoms with Gasteiger partial charge < -0.3 is 9.32 Å². The number of nitrogens with zero attached hydrogens (tertiary/aromatic N) is 1.